The lowest BCUT2D eigenvalue weighted by atomic mass is 10.1. The van der Waals surface area contributed by atoms with Gasteiger partial charge in [0.25, 0.3) is 0 Å². The molecule has 0 amide bonds. The average molecular weight is 345 g/mol. The van der Waals surface area contributed by atoms with Crippen LogP contribution in [0.1, 0.15) is 30.1 Å². The Hall–Kier alpha value is -1.35. The predicted molar refractivity (Wildman–Crippen MR) is 85.1 cm³/mol. The average Bonchev–Trinajstić information content (AvgIpc) is 2.49. The van der Waals surface area contributed by atoms with Crippen LogP contribution in [0.5, 0.6) is 0 Å². The third kappa shape index (κ3) is 4.33. The van der Waals surface area contributed by atoms with Crippen molar-refractivity contribution in [3.05, 3.63) is 11.8 Å². The zero-order valence-corrected chi connectivity index (χ0v) is 14.2. The smallest absolute Gasteiger partial charge is 0.343 e. The first-order valence-corrected chi connectivity index (χ1v) is 10.0. The molecule has 1 aromatic rings. The molecular formula is C13H19N3O4S2. The summed E-state index contributed by atoms with van der Waals surface area (Å²) in [6.07, 6.45) is 4.29. The third-order valence-electron chi connectivity index (χ3n) is 3.34. The number of esters is 1. The third-order valence-corrected chi connectivity index (χ3v) is 5.62. The van der Waals surface area contributed by atoms with Gasteiger partial charge < -0.3 is 10.1 Å². The summed E-state index contributed by atoms with van der Waals surface area (Å²) >= 11 is 1.37. The van der Waals surface area contributed by atoms with Crippen molar-refractivity contribution >= 4 is 33.4 Å². The van der Waals surface area contributed by atoms with Crippen LogP contribution < -0.4 is 5.32 Å². The summed E-state index contributed by atoms with van der Waals surface area (Å²) in [5, 5.41) is 3.71. The van der Waals surface area contributed by atoms with Crippen LogP contribution >= 0.6 is 11.8 Å². The minimum Gasteiger partial charge on any atom is -0.462 e. The van der Waals surface area contributed by atoms with E-state index in [1.165, 1.54) is 18.0 Å². The Bertz CT molecular complexity index is 635. The highest BCUT2D eigenvalue weighted by Crippen LogP contribution is 2.22. The molecule has 2 rings (SSSR count). The molecule has 122 valence electrons. The van der Waals surface area contributed by atoms with Crippen LogP contribution in [0.4, 0.5) is 5.82 Å². The van der Waals surface area contributed by atoms with Gasteiger partial charge in [0.2, 0.25) is 0 Å². The molecule has 0 atom stereocenters. The molecule has 1 aliphatic rings. The van der Waals surface area contributed by atoms with E-state index in [9.17, 15) is 13.2 Å². The zero-order valence-electron chi connectivity index (χ0n) is 12.5. The first-order valence-electron chi connectivity index (χ1n) is 7.00. The number of rotatable bonds is 5. The fourth-order valence-corrected chi connectivity index (χ4v) is 3.99. The van der Waals surface area contributed by atoms with Crippen LogP contribution in [0.15, 0.2) is 11.4 Å². The van der Waals surface area contributed by atoms with E-state index in [4.69, 9.17) is 4.74 Å². The molecule has 0 aromatic carbocycles. The van der Waals surface area contributed by atoms with E-state index in [-0.39, 0.29) is 29.7 Å². The number of sulfone groups is 1. The molecule has 1 saturated heterocycles. The van der Waals surface area contributed by atoms with E-state index in [2.05, 4.69) is 15.3 Å². The second kappa shape index (κ2) is 7.28. The molecular weight excluding hydrogens is 326 g/mol. The fourth-order valence-electron chi connectivity index (χ4n) is 2.16. The maximum Gasteiger partial charge on any atom is 0.343 e. The van der Waals surface area contributed by atoms with Crippen molar-refractivity contribution in [3.63, 3.8) is 0 Å². The first kappa shape index (κ1) is 17.0. The Morgan fingerprint density at radius 1 is 1.45 bits per heavy atom. The van der Waals surface area contributed by atoms with Crippen molar-refractivity contribution in [1.29, 1.82) is 0 Å². The highest BCUT2D eigenvalue weighted by molar-refractivity contribution is 7.98. The molecule has 1 aromatic heterocycles. The molecule has 0 unspecified atom stereocenters. The fraction of sp³-hybridized carbons (Fsp3) is 0.615. The normalized spacial score (nSPS) is 17.9. The Kier molecular flexibility index (Phi) is 5.63. The van der Waals surface area contributed by atoms with E-state index >= 15 is 0 Å². The minimum atomic E-state index is -2.92. The molecule has 2 heterocycles. The Labute approximate surface area is 134 Å². The highest BCUT2D eigenvalue weighted by atomic mass is 32.2. The lowest BCUT2D eigenvalue weighted by Gasteiger charge is -2.24. The van der Waals surface area contributed by atoms with Gasteiger partial charge in [-0.3, -0.25) is 0 Å². The summed E-state index contributed by atoms with van der Waals surface area (Å²) in [6, 6.07) is -0.0266. The van der Waals surface area contributed by atoms with Crippen LogP contribution in [0.25, 0.3) is 0 Å². The summed E-state index contributed by atoms with van der Waals surface area (Å²) in [5.41, 5.74) is 0.271. The second-order valence-corrected chi connectivity index (χ2v) is 7.99. The minimum absolute atomic E-state index is 0.0266. The van der Waals surface area contributed by atoms with E-state index in [1.54, 1.807) is 6.92 Å². The summed E-state index contributed by atoms with van der Waals surface area (Å²) in [4.78, 5) is 20.4. The van der Waals surface area contributed by atoms with Gasteiger partial charge in [-0.25, -0.2) is 23.2 Å². The lowest BCUT2D eigenvalue weighted by Crippen LogP contribution is -2.33. The second-order valence-electron chi connectivity index (χ2n) is 4.91. The van der Waals surface area contributed by atoms with Crippen molar-refractivity contribution in [2.75, 3.05) is 29.7 Å². The van der Waals surface area contributed by atoms with Gasteiger partial charge in [0.1, 0.15) is 21.2 Å². The number of hydrogen-bond acceptors (Lipinski definition) is 8. The van der Waals surface area contributed by atoms with Crippen LogP contribution in [-0.4, -0.2) is 54.8 Å². The number of thioether (sulfide) groups is 1. The Morgan fingerprint density at radius 3 is 2.73 bits per heavy atom. The summed E-state index contributed by atoms with van der Waals surface area (Å²) in [6.45, 7) is 2.00. The maximum atomic E-state index is 12.0. The van der Waals surface area contributed by atoms with Gasteiger partial charge in [0, 0.05) is 12.2 Å². The number of ether oxygens (including phenoxy) is 1. The largest absolute Gasteiger partial charge is 0.462 e. The molecule has 0 aliphatic carbocycles. The lowest BCUT2D eigenvalue weighted by molar-refractivity contribution is 0.0526. The molecule has 0 bridgehead atoms. The number of nitrogens with one attached hydrogen (secondary N) is 1. The quantitative estimate of drug-likeness (QED) is 0.485. The summed E-state index contributed by atoms with van der Waals surface area (Å²) < 4.78 is 28.0. The molecule has 9 heteroatoms. The van der Waals surface area contributed by atoms with Crippen molar-refractivity contribution in [3.8, 4) is 0 Å². The predicted octanol–water partition coefficient (Wildman–Crippen LogP) is 1.36. The zero-order chi connectivity index (χ0) is 16.2. The van der Waals surface area contributed by atoms with Gasteiger partial charge in [0.05, 0.1) is 18.1 Å². The van der Waals surface area contributed by atoms with Gasteiger partial charge in [0.15, 0.2) is 5.16 Å². The van der Waals surface area contributed by atoms with Crippen molar-refractivity contribution in [2.24, 2.45) is 0 Å². The molecule has 0 spiro atoms. The van der Waals surface area contributed by atoms with Crippen molar-refractivity contribution < 1.29 is 17.9 Å². The molecule has 22 heavy (non-hydrogen) atoms. The highest BCUT2D eigenvalue weighted by Gasteiger charge is 2.25. The van der Waals surface area contributed by atoms with Crippen LogP contribution in [0, 0.1) is 0 Å². The molecule has 7 nitrogen and oxygen atoms in total. The van der Waals surface area contributed by atoms with Gasteiger partial charge >= 0.3 is 5.97 Å². The van der Waals surface area contributed by atoms with E-state index in [0.29, 0.717) is 23.8 Å². The molecule has 1 aliphatic heterocycles. The van der Waals surface area contributed by atoms with Crippen LogP contribution in [0.2, 0.25) is 0 Å². The molecule has 1 N–H and O–H groups in total. The number of carbonyl (C=O) groups is 1. The number of hydrogen-bond donors (Lipinski definition) is 1. The Morgan fingerprint density at radius 2 is 2.14 bits per heavy atom. The molecule has 0 saturated carbocycles. The SMILES string of the molecule is CCOC(=O)c1cnc(SC)nc1NC1CCS(=O)(=O)CC1. The Balaban J connectivity index is 2.19. The van der Waals surface area contributed by atoms with Crippen LogP contribution in [-0.2, 0) is 14.6 Å². The number of anilines is 1. The van der Waals surface area contributed by atoms with E-state index in [0.717, 1.165) is 0 Å². The number of aromatic nitrogens is 2. The van der Waals surface area contributed by atoms with E-state index < -0.39 is 15.8 Å². The first-order chi connectivity index (χ1) is 10.4. The molecule has 1 fully saturated rings. The van der Waals surface area contributed by atoms with E-state index in [1.807, 2.05) is 6.26 Å². The van der Waals surface area contributed by atoms with Gasteiger partial charge in [-0.15, -0.1) is 0 Å². The van der Waals surface area contributed by atoms with Crippen LogP contribution in [0.3, 0.4) is 0 Å². The topological polar surface area (TPSA) is 98.2 Å². The van der Waals surface area contributed by atoms with Gasteiger partial charge in [-0.05, 0) is 26.0 Å². The monoisotopic (exact) mass is 345 g/mol. The number of carbonyl (C=O) groups excluding carboxylic acids is 1. The summed E-state index contributed by atoms with van der Waals surface area (Å²) in [7, 11) is -2.92. The van der Waals surface area contributed by atoms with Crippen molar-refractivity contribution in [2.45, 2.75) is 31.0 Å². The number of nitrogens with zero attached hydrogens (tertiary/aromatic N) is 2. The van der Waals surface area contributed by atoms with Gasteiger partial charge in [-0.1, -0.05) is 11.8 Å². The summed E-state index contributed by atoms with van der Waals surface area (Å²) in [5.74, 6) is 0.225. The molecule has 0 radical (unpaired) electrons. The van der Waals surface area contributed by atoms with Crippen molar-refractivity contribution in [1.82, 2.24) is 9.97 Å². The standard InChI is InChI=1S/C13H19N3O4S2/c1-3-20-12(17)10-8-14-13(21-2)16-11(10)15-9-4-6-22(18,19)7-5-9/h8-9H,3-7H2,1-2H3,(H,14,15,16). The maximum absolute atomic E-state index is 12.0. The van der Waals surface area contributed by atoms with Gasteiger partial charge in [-0.2, -0.15) is 0 Å².